The molecule has 2 heterocycles. The molecule has 0 fully saturated rings. The van der Waals surface area contributed by atoms with Crippen LogP contribution in [0.1, 0.15) is 42.1 Å². The second-order valence-electron chi connectivity index (χ2n) is 6.23. The van der Waals surface area contributed by atoms with Crippen molar-refractivity contribution in [3.63, 3.8) is 0 Å². The van der Waals surface area contributed by atoms with Gasteiger partial charge in [-0.3, -0.25) is 9.20 Å². The molecular formula is C20H19ClN2O. The molecule has 2 aromatic heterocycles. The zero-order chi connectivity index (χ0) is 17.3. The molecule has 0 aliphatic carbocycles. The van der Waals surface area contributed by atoms with Gasteiger partial charge in [-0.25, -0.2) is 4.98 Å². The number of fused-ring (bicyclic) bond motifs is 1. The summed E-state index contributed by atoms with van der Waals surface area (Å²) in [6.07, 6.45) is 3.61. The Balaban J connectivity index is 2.00. The third-order valence-corrected chi connectivity index (χ3v) is 4.25. The molecule has 1 aromatic carbocycles. The molecule has 0 aliphatic rings. The van der Waals surface area contributed by atoms with Crippen molar-refractivity contribution in [1.82, 2.24) is 9.38 Å². The zero-order valence-electron chi connectivity index (χ0n) is 14.0. The van der Waals surface area contributed by atoms with E-state index in [2.05, 4.69) is 31.0 Å². The highest BCUT2D eigenvalue weighted by atomic mass is 35.5. The average molecular weight is 339 g/mol. The molecular weight excluding hydrogens is 320 g/mol. The Morgan fingerprint density at radius 2 is 1.88 bits per heavy atom. The molecule has 0 aliphatic heterocycles. The molecule has 3 rings (SSSR count). The Labute approximate surface area is 146 Å². The van der Waals surface area contributed by atoms with Crippen LogP contribution in [-0.4, -0.2) is 9.38 Å². The quantitative estimate of drug-likeness (QED) is 0.683. The Morgan fingerprint density at radius 3 is 2.54 bits per heavy atom. The smallest absolute Gasteiger partial charge is 0.258 e. The van der Waals surface area contributed by atoms with Crippen LogP contribution in [0.4, 0.5) is 0 Å². The monoisotopic (exact) mass is 338 g/mol. The van der Waals surface area contributed by atoms with Gasteiger partial charge < -0.3 is 0 Å². The molecule has 122 valence electrons. The lowest BCUT2D eigenvalue weighted by atomic mass is 10.0. The third kappa shape index (κ3) is 3.41. The van der Waals surface area contributed by atoms with Gasteiger partial charge in [0.15, 0.2) is 0 Å². The van der Waals surface area contributed by atoms with E-state index in [0.717, 1.165) is 11.1 Å². The first-order valence-electron chi connectivity index (χ1n) is 7.91. The van der Waals surface area contributed by atoms with Crippen LogP contribution in [0.5, 0.6) is 0 Å². The van der Waals surface area contributed by atoms with Gasteiger partial charge in [-0.2, -0.15) is 0 Å². The number of benzene rings is 1. The second kappa shape index (κ2) is 6.62. The number of hydrogen-bond acceptors (Lipinski definition) is 2. The largest absolute Gasteiger partial charge is 0.269 e. The molecule has 0 radical (unpaired) electrons. The van der Waals surface area contributed by atoms with E-state index in [1.54, 1.807) is 6.20 Å². The predicted molar refractivity (Wildman–Crippen MR) is 100 cm³/mol. The molecule has 4 heteroatoms. The normalized spacial score (nSPS) is 12.1. The van der Waals surface area contributed by atoms with E-state index in [-0.39, 0.29) is 5.56 Å². The first-order valence-corrected chi connectivity index (χ1v) is 8.29. The van der Waals surface area contributed by atoms with Crippen molar-refractivity contribution in [2.45, 2.75) is 26.7 Å². The summed E-state index contributed by atoms with van der Waals surface area (Å²) in [5, 5.41) is 0.451. The molecule has 0 saturated carbocycles. The van der Waals surface area contributed by atoms with Gasteiger partial charge in [0, 0.05) is 12.3 Å². The van der Waals surface area contributed by atoms with Gasteiger partial charge in [0.1, 0.15) is 5.65 Å². The van der Waals surface area contributed by atoms with Gasteiger partial charge in [0.05, 0.1) is 10.7 Å². The van der Waals surface area contributed by atoms with Crippen LogP contribution >= 0.6 is 11.6 Å². The van der Waals surface area contributed by atoms with Crippen molar-refractivity contribution in [3.05, 3.63) is 81.4 Å². The second-order valence-corrected chi connectivity index (χ2v) is 6.64. The molecule has 0 amide bonds. The van der Waals surface area contributed by atoms with E-state index < -0.39 is 0 Å². The molecule has 24 heavy (non-hydrogen) atoms. The zero-order valence-corrected chi connectivity index (χ0v) is 14.7. The lowest BCUT2D eigenvalue weighted by molar-refractivity contribution is 0.866. The van der Waals surface area contributed by atoms with Crippen LogP contribution in [0.2, 0.25) is 0 Å². The van der Waals surface area contributed by atoms with Gasteiger partial charge >= 0.3 is 0 Å². The maximum Gasteiger partial charge on any atom is 0.258 e. The van der Waals surface area contributed by atoms with Gasteiger partial charge in [0.2, 0.25) is 0 Å². The topological polar surface area (TPSA) is 34.4 Å². The summed E-state index contributed by atoms with van der Waals surface area (Å²) in [5.74, 6) is 0.490. The fourth-order valence-electron chi connectivity index (χ4n) is 2.53. The minimum absolute atomic E-state index is 0.139. The molecule has 0 atom stereocenters. The Hall–Kier alpha value is -2.39. The Bertz CT molecular complexity index is 969. The van der Waals surface area contributed by atoms with Gasteiger partial charge in [-0.15, -0.1) is 0 Å². The highest BCUT2D eigenvalue weighted by Gasteiger charge is 2.06. The maximum absolute atomic E-state index is 12.3. The standard InChI is InChI=1S/C20H19ClN2O/c1-13(2)16-7-5-15(6-8-16)10-17(21)18-11-20(24)23-12-14(3)4-9-19(23)22-18/h4-13H,1-3H3/b17-10-. The lowest BCUT2D eigenvalue weighted by Gasteiger charge is -2.06. The number of halogens is 1. The fraction of sp³-hybridized carbons (Fsp3) is 0.200. The van der Waals surface area contributed by atoms with E-state index >= 15 is 0 Å². The van der Waals surface area contributed by atoms with Gasteiger partial charge in [-0.1, -0.05) is 55.8 Å². The van der Waals surface area contributed by atoms with Crippen LogP contribution < -0.4 is 5.56 Å². The van der Waals surface area contributed by atoms with Crippen LogP contribution in [0.3, 0.4) is 0 Å². The fourth-order valence-corrected chi connectivity index (χ4v) is 2.75. The van der Waals surface area contributed by atoms with Crippen molar-refractivity contribution in [2.24, 2.45) is 0 Å². The van der Waals surface area contributed by atoms with E-state index in [1.807, 2.05) is 37.3 Å². The van der Waals surface area contributed by atoms with Crippen molar-refractivity contribution < 1.29 is 0 Å². The lowest BCUT2D eigenvalue weighted by Crippen LogP contribution is -2.15. The maximum atomic E-state index is 12.3. The highest BCUT2D eigenvalue weighted by molar-refractivity contribution is 6.51. The summed E-state index contributed by atoms with van der Waals surface area (Å²) in [6.45, 7) is 6.26. The minimum atomic E-state index is -0.139. The Morgan fingerprint density at radius 1 is 1.17 bits per heavy atom. The summed E-state index contributed by atoms with van der Waals surface area (Å²) in [6, 6.07) is 13.4. The van der Waals surface area contributed by atoms with Crippen LogP contribution in [0.15, 0.2) is 53.5 Å². The highest BCUT2D eigenvalue weighted by Crippen LogP contribution is 2.22. The first kappa shape index (κ1) is 16.5. The van der Waals surface area contributed by atoms with Gasteiger partial charge in [0.25, 0.3) is 5.56 Å². The van der Waals surface area contributed by atoms with Crippen LogP contribution in [0.25, 0.3) is 16.8 Å². The van der Waals surface area contributed by atoms with Crippen molar-refractivity contribution in [2.75, 3.05) is 0 Å². The van der Waals surface area contributed by atoms with Gasteiger partial charge in [-0.05, 0) is 41.7 Å². The molecule has 0 spiro atoms. The molecule has 0 saturated heterocycles. The van der Waals surface area contributed by atoms with Crippen molar-refractivity contribution >= 4 is 28.4 Å². The number of hydrogen-bond donors (Lipinski definition) is 0. The number of aryl methyl sites for hydroxylation is 1. The molecule has 0 N–H and O–H groups in total. The SMILES string of the molecule is Cc1ccc2nc(/C(Cl)=C/c3ccc(C(C)C)cc3)cc(=O)n2c1. The van der Waals surface area contributed by atoms with E-state index in [1.165, 1.54) is 16.0 Å². The van der Waals surface area contributed by atoms with E-state index in [4.69, 9.17) is 11.6 Å². The van der Waals surface area contributed by atoms with Crippen LogP contribution in [0, 0.1) is 6.92 Å². The summed E-state index contributed by atoms with van der Waals surface area (Å²) >= 11 is 6.40. The van der Waals surface area contributed by atoms with Crippen molar-refractivity contribution in [1.29, 1.82) is 0 Å². The summed E-state index contributed by atoms with van der Waals surface area (Å²) in [4.78, 5) is 16.7. The summed E-state index contributed by atoms with van der Waals surface area (Å²) in [7, 11) is 0. The number of pyridine rings is 1. The van der Waals surface area contributed by atoms with E-state index in [0.29, 0.717) is 22.3 Å². The third-order valence-electron chi connectivity index (χ3n) is 3.95. The molecule has 0 unspecified atom stereocenters. The molecule has 3 aromatic rings. The summed E-state index contributed by atoms with van der Waals surface area (Å²) < 4.78 is 1.53. The van der Waals surface area contributed by atoms with Crippen molar-refractivity contribution in [3.8, 4) is 0 Å². The van der Waals surface area contributed by atoms with Crippen LogP contribution in [-0.2, 0) is 0 Å². The summed E-state index contributed by atoms with van der Waals surface area (Å²) in [5.41, 5.74) is 4.20. The predicted octanol–water partition coefficient (Wildman–Crippen LogP) is 4.86. The average Bonchev–Trinajstić information content (AvgIpc) is 2.55. The number of nitrogens with zero attached hydrogens (tertiary/aromatic N) is 2. The number of aromatic nitrogens is 2. The molecule has 0 bridgehead atoms. The number of rotatable bonds is 3. The van der Waals surface area contributed by atoms with E-state index in [9.17, 15) is 4.79 Å². The molecule has 3 nitrogen and oxygen atoms in total. The minimum Gasteiger partial charge on any atom is -0.269 e. The first-order chi connectivity index (χ1) is 11.4. The Kier molecular flexibility index (Phi) is 4.54.